The second-order valence-corrected chi connectivity index (χ2v) is 9.74. The Morgan fingerprint density at radius 1 is 1.00 bits per heavy atom. The molecule has 32 heavy (non-hydrogen) atoms. The molecule has 1 atom stereocenters. The lowest BCUT2D eigenvalue weighted by Crippen LogP contribution is -2.42. The largest absolute Gasteiger partial charge is 0.345 e. The number of carbonyl (C=O) groups excluding carboxylic acids is 1. The molecule has 1 N–H and O–H groups in total. The molecule has 0 aromatic heterocycles. The molecule has 0 spiro atoms. The number of rotatable bonds is 5. The third-order valence-electron chi connectivity index (χ3n) is 5.47. The summed E-state index contributed by atoms with van der Waals surface area (Å²) in [5.41, 5.74) is 2.98. The molecule has 7 heteroatoms. The Morgan fingerprint density at radius 3 is 2.25 bits per heavy atom. The van der Waals surface area contributed by atoms with Crippen LogP contribution in [-0.2, 0) is 14.8 Å². The van der Waals surface area contributed by atoms with Crippen molar-refractivity contribution in [3.05, 3.63) is 105 Å². The minimum Gasteiger partial charge on any atom is -0.345 e. The summed E-state index contributed by atoms with van der Waals surface area (Å²) in [4.78, 5) is 13.3. The first-order chi connectivity index (χ1) is 15.3. The van der Waals surface area contributed by atoms with Crippen LogP contribution in [-0.4, -0.2) is 20.9 Å². The molecule has 164 valence electrons. The maximum atomic E-state index is 13.7. The van der Waals surface area contributed by atoms with Crippen molar-refractivity contribution in [1.82, 2.24) is 5.32 Å². The van der Waals surface area contributed by atoms with Gasteiger partial charge in [0.1, 0.15) is 0 Å². The van der Waals surface area contributed by atoms with Crippen LogP contribution in [0.2, 0.25) is 5.02 Å². The smallest absolute Gasteiger partial charge is 0.270 e. The standard InChI is InChI=1S/C25H23ClN2O3S/c1-3-28-22-15-14-20(26)16-21(22)23(19-12-8-5-9-13-19)24(32(28,30)31)25(29)27-17(2)18-10-6-4-7-11-18/h4-17H,3H2,1-2H3,(H,27,29). The Hall–Kier alpha value is -3.09. The topological polar surface area (TPSA) is 66.5 Å². The number of benzene rings is 3. The van der Waals surface area contributed by atoms with Crippen LogP contribution in [0, 0.1) is 0 Å². The van der Waals surface area contributed by atoms with Crippen LogP contribution < -0.4 is 9.62 Å². The molecule has 5 nitrogen and oxygen atoms in total. The van der Waals surface area contributed by atoms with Crippen molar-refractivity contribution in [3.8, 4) is 0 Å². The number of amides is 1. The average Bonchev–Trinajstić information content (AvgIpc) is 2.79. The van der Waals surface area contributed by atoms with E-state index in [1.807, 2.05) is 55.5 Å². The number of halogens is 1. The monoisotopic (exact) mass is 466 g/mol. The molecule has 0 aliphatic carbocycles. The third-order valence-corrected chi connectivity index (χ3v) is 7.65. The minimum atomic E-state index is -4.11. The summed E-state index contributed by atoms with van der Waals surface area (Å²) >= 11 is 6.29. The van der Waals surface area contributed by atoms with E-state index in [1.54, 1.807) is 37.3 Å². The number of sulfonamides is 1. The van der Waals surface area contributed by atoms with Gasteiger partial charge in [0.05, 0.1) is 11.7 Å². The number of anilines is 1. The summed E-state index contributed by atoms with van der Waals surface area (Å²) in [6.07, 6.45) is 0. The Morgan fingerprint density at radius 2 is 1.62 bits per heavy atom. The SMILES string of the molecule is CCN1c2ccc(Cl)cc2C(c2ccccc2)=C(C(=O)NC(C)c2ccccc2)S1(=O)=O. The van der Waals surface area contributed by atoms with Crippen molar-refractivity contribution < 1.29 is 13.2 Å². The van der Waals surface area contributed by atoms with E-state index >= 15 is 0 Å². The van der Waals surface area contributed by atoms with E-state index in [2.05, 4.69) is 5.32 Å². The van der Waals surface area contributed by atoms with E-state index in [0.717, 1.165) is 5.56 Å². The number of hydrogen-bond acceptors (Lipinski definition) is 3. The fourth-order valence-corrected chi connectivity index (χ4v) is 5.90. The van der Waals surface area contributed by atoms with Gasteiger partial charge in [-0.2, -0.15) is 0 Å². The van der Waals surface area contributed by atoms with Crippen LogP contribution in [0.1, 0.15) is 36.6 Å². The van der Waals surface area contributed by atoms with E-state index in [4.69, 9.17) is 11.6 Å². The highest BCUT2D eigenvalue weighted by atomic mass is 35.5. The van der Waals surface area contributed by atoms with Gasteiger partial charge in [-0.1, -0.05) is 72.3 Å². The van der Waals surface area contributed by atoms with E-state index in [0.29, 0.717) is 27.4 Å². The van der Waals surface area contributed by atoms with Gasteiger partial charge in [0.25, 0.3) is 15.9 Å². The molecule has 3 aromatic rings. The molecular formula is C25H23ClN2O3S. The van der Waals surface area contributed by atoms with Gasteiger partial charge in [0, 0.05) is 22.7 Å². The molecule has 1 aliphatic rings. The third kappa shape index (κ3) is 3.92. The fourth-order valence-electron chi connectivity index (χ4n) is 3.97. The first-order valence-corrected chi connectivity index (χ1v) is 12.1. The van der Waals surface area contributed by atoms with Gasteiger partial charge in [0.2, 0.25) is 0 Å². The molecular weight excluding hydrogens is 444 g/mol. The van der Waals surface area contributed by atoms with Crippen molar-refractivity contribution in [2.75, 3.05) is 10.8 Å². The highest BCUT2D eigenvalue weighted by Gasteiger charge is 2.41. The average molecular weight is 467 g/mol. The number of nitrogens with one attached hydrogen (secondary N) is 1. The molecule has 1 unspecified atom stereocenters. The van der Waals surface area contributed by atoms with Gasteiger partial charge in [-0.15, -0.1) is 0 Å². The Bertz CT molecular complexity index is 1290. The molecule has 1 heterocycles. The predicted molar refractivity (Wildman–Crippen MR) is 129 cm³/mol. The van der Waals surface area contributed by atoms with Gasteiger partial charge in [-0.05, 0) is 43.2 Å². The number of nitrogens with zero attached hydrogens (tertiary/aromatic N) is 1. The van der Waals surface area contributed by atoms with Crippen LogP contribution >= 0.6 is 11.6 Å². The van der Waals surface area contributed by atoms with Crippen molar-refractivity contribution in [2.24, 2.45) is 0 Å². The van der Waals surface area contributed by atoms with E-state index in [-0.39, 0.29) is 17.5 Å². The second-order valence-electron chi connectivity index (χ2n) is 7.51. The van der Waals surface area contributed by atoms with Crippen molar-refractivity contribution in [3.63, 3.8) is 0 Å². The van der Waals surface area contributed by atoms with Gasteiger partial charge < -0.3 is 5.32 Å². The molecule has 1 aliphatic heterocycles. The summed E-state index contributed by atoms with van der Waals surface area (Å²) in [6, 6.07) is 23.2. The molecule has 1 amide bonds. The van der Waals surface area contributed by atoms with E-state index < -0.39 is 15.9 Å². The molecule has 0 saturated heterocycles. The first kappa shape index (κ1) is 22.1. The fraction of sp³-hybridized carbons (Fsp3) is 0.160. The van der Waals surface area contributed by atoms with Crippen molar-refractivity contribution in [2.45, 2.75) is 19.9 Å². The first-order valence-electron chi connectivity index (χ1n) is 10.3. The predicted octanol–water partition coefficient (Wildman–Crippen LogP) is 5.15. The van der Waals surface area contributed by atoms with Crippen LogP contribution in [0.5, 0.6) is 0 Å². The van der Waals surface area contributed by atoms with E-state index in [9.17, 15) is 13.2 Å². The maximum absolute atomic E-state index is 13.7. The number of hydrogen-bond donors (Lipinski definition) is 1. The highest BCUT2D eigenvalue weighted by molar-refractivity contribution is 7.97. The van der Waals surface area contributed by atoms with Crippen LogP contribution in [0.3, 0.4) is 0 Å². The highest BCUT2D eigenvalue weighted by Crippen LogP contribution is 2.43. The second kappa shape index (κ2) is 8.81. The van der Waals surface area contributed by atoms with Gasteiger partial charge >= 0.3 is 0 Å². The van der Waals surface area contributed by atoms with Gasteiger partial charge in [-0.25, -0.2) is 8.42 Å². The summed E-state index contributed by atoms with van der Waals surface area (Å²) in [6.45, 7) is 3.75. The van der Waals surface area contributed by atoms with Crippen molar-refractivity contribution in [1.29, 1.82) is 0 Å². The molecule has 4 rings (SSSR count). The quantitative estimate of drug-likeness (QED) is 0.565. The summed E-state index contributed by atoms with van der Waals surface area (Å²) in [7, 11) is -4.11. The van der Waals surface area contributed by atoms with Crippen LogP contribution in [0.25, 0.3) is 5.57 Å². The normalized spacial score (nSPS) is 15.8. The summed E-state index contributed by atoms with van der Waals surface area (Å²) in [5.74, 6) is -0.649. The maximum Gasteiger partial charge on any atom is 0.270 e. The molecule has 0 radical (unpaired) electrons. The van der Waals surface area contributed by atoms with Gasteiger partial charge in [-0.3, -0.25) is 9.10 Å². The lowest BCUT2D eigenvalue weighted by Gasteiger charge is -2.33. The lowest BCUT2D eigenvalue weighted by molar-refractivity contribution is -0.117. The summed E-state index contributed by atoms with van der Waals surface area (Å²) in [5, 5.41) is 3.34. The molecule has 0 bridgehead atoms. The van der Waals surface area contributed by atoms with Crippen LogP contribution in [0.15, 0.2) is 83.8 Å². The Kier molecular flexibility index (Phi) is 6.09. The Labute approximate surface area is 193 Å². The molecule has 0 saturated carbocycles. The molecule has 3 aromatic carbocycles. The zero-order valence-electron chi connectivity index (χ0n) is 17.7. The minimum absolute atomic E-state index is 0.185. The van der Waals surface area contributed by atoms with Crippen molar-refractivity contribution >= 4 is 38.8 Å². The zero-order chi connectivity index (χ0) is 22.9. The molecule has 0 fully saturated rings. The number of fused-ring (bicyclic) bond motifs is 1. The summed E-state index contributed by atoms with van der Waals surface area (Å²) < 4.78 is 28.7. The van der Waals surface area contributed by atoms with Crippen LogP contribution in [0.4, 0.5) is 5.69 Å². The van der Waals surface area contributed by atoms with Gasteiger partial charge in [0.15, 0.2) is 4.91 Å². The Balaban J connectivity index is 1.94. The lowest BCUT2D eigenvalue weighted by atomic mass is 9.95. The number of carbonyl (C=O) groups is 1. The zero-order valence-corrected chi connectivity index (χ0v) is 19.3. The van der Waals surface area contributed by atoms with E-state index in [1.165, 1.54) is 4.31 Å².